The van der Waals surface area contributed by atoms with Gasteiger partial charge < -0.3 is 10.6 Å². The first-order valence-corrected chi connectivity index (χ1v) is 8.43. The normalized spacial score (nSPS) is 26.9. The van der Waals surface area contributed by atoms with Crippen LogP contribution in [0.25, 0.3) is 0 Å². The molecule has 2 saturated heterocycles. The summed E-state index contributed by atoms with van der Waals surface area (Å²) >= 11 is 3.69. The van der Waals surface area contributed by atoms with E-state index >= 15 is 0 Å². The molecule has 1 aromatic carbocycles. The highest BCUT2D eigenvalue weighted by Crippen LogP contribution is 2.32. The van der Waals surface area contributed by atoms with Gasteiger partial charge in [-0.1, -0.05) is 22.0 Å². The van der Waals surface area contributed by atoms with Gasteiger partial charge in [0.2, 0.25) is 0 Å². The molecular weight excluding hydrogens is 314 g/mol. The van der Waals surface area contributed by atoms with Gasteiger partial charge in [0.05, 0.1) is 0 Å². The molecule has 2 bridgehead atoms. The predicted molar refractivity (Wildman–Crippen MR) is 88.3 cm³/mol. The van der Waals surface area contributed by atoms with E-state index in [0.717, 1.165) is 25.0 Å². The molecule has 0 aliphatic carbocycles. The van der Waals surface area contributed by atoms with E-state index < -0.39 is 0 Å². The van der Waals surface area contributed by atoms with Crippen molar-refractivity contribution in [3.05, 3.63) is 28.2 Å². The average molecular weight is 338 g/mol. The van der Waals surface area contributed by atoms with Crippen LogP contribution < -0.4 is 10.6 Å². The summed E-state index contributed by atoms with van der Waals surface area (Å²) in [6, 6.07) is 8.27. The maximum absolute atomic E-state index is 5.65. The number of hydrogen-bond acceptors (Lipinski definition) is 3. The molecule has 2 heterocycles. The molecule has 3 nitrogen and oxygen atoms in total. The summed E-state index contributed by atoms with van der Waals surface area (Å²) in [5.41, 5.74) is 8.31. The van der Waals surface area contributed by atoms with Crippen LogP contribution in [0.4, 0.5) is 5.69 Å². The third kappa shape index (κ3) is 2.74. The Labute approximate surface area is 130 Å². The fourth-order valence-electron chi connectivity index (χ4n) is 3.63. The summed E-state index contributed by atoms with van der Waals surface area (Å²) in [6.45, 7) is 3.04. The zero-order valence-electron chi connectivity index (χ0n) is 12.2. The summed E-state index contributed by atoms with van der Waals surface area (Å²) in [5.74, 6) is 0. The number of fused-ring (bicyclic) bond motifs is 2. The summed E-state index contributed by atoms with van der Waals surface area (Å²) in [6.07, 6.45) is 4.96. The molecule has 0 radical (unpaired) electrons. The zero-order valence-corrected chi connectivity index (χ0v) is 13.8. The van der Waals surface area contributed by atoms with Gasteiger partial charge in [-0.25, -0.2) is 0 Å². The van der Waals surface area contributed by atoms with Gasteiger partial charge in [0, 0.05) is 35.3 Å². The summed E-state index contributed by atoms with van der Waals surface area (Å²) in [5, 5.41) is 0. The number of rotatable bonds is 3. The Morgan fingerprint density at radius 3 is 2.80 bits per heavy atom. The lowest BCUT2D eigenvalue weighted by molar-refractivity contribution is 0.254. The standard InChI is InChI=1S/C16H24BrN3/c1-19-13-4-5-15(19)11-20(9-7-13)14-3-2-12(6-8-18)16(17)10-14/h2-3,10,13,15H,4-9,11,18H2,1H3. The molecule has 0 amide bonds. The molecule has 4 heteroatoms. The summed E-state index contributed by atoms with van der Waals surface area (Å²) in [4.78, 5) is 5.15. The van der Waals surface area contributed by atoms with Crippen LogP contribution in [0.5, 0.6) is 0 Å². The Kier molecular flexibility index (Phi) is 4.34. The number of halogens is 1. The monoisotopic (exact) mass is 337 g/mol. The van der Waals surface area contributed by atoms with Gasteiger partial charge in [0.1, 0.15) is 0 Å². The quantitative estimate of drug-likeness (QED) is 0.920. The maximum Gasteiger partial charge on any atom is 0.0378 e. The molecule has 1 aromatic rings. The van der Waals surface area contributed by atoms with Gasteiger partial charge in [-0.2, -0.15) is 0 Å². The molecule has 0 aromatic heterocycles. The molecule has 0 spiro atoms. The minimum Gasteiger partial charge on any atom is -0.370 e. The van der Waals surface area contributed by atoms with Gasteiger partial charge in [0.25, 0.3) is 0 Å². The molecule has 2 aliphatic rings. The third-order valence-corrected chi connectivity index (χ3v) is 5.70. The second kappa shape index (κ2) is 6.04. The second-order valence-electron chi connectivity index (χ2n) is 6.10. The van der Waals surface area contributed by atoms with Gasteiger partial charge in [-0.3, -0.25) is 4.90 Å². The SMILES string of the molecule is CN1C2CCC1CN(c1ccc(CCN)c(Br)c1)CC2. The molecule has 2 unspecified atom stereocenters. The molecule has 2 fully saturated rings. The summed E-state index contributed by atoms with van der Waals surface area (Å²) < 4.78 is 1.20. The predicted octanol–water partition coefficient (Wildman–Crippen LogP) is 2.62. The number of hydrogen-bond donors (Lipinski definition) is 1. The Hall–Kier alpha value is -0.580. The van der Waals surface area contributed by atoms with Crippen LogP contribution in [0.2, 0.25) is 0 Å². The Morgan fingerprint density at radius 2 is 2.05 bits per heavy atom. The first-order valence-electron chi connectivity index (χ1n) is 7.64. The van der Waals surface area contributed by atoms with Crippen LogP contribution in [0.3, 0.4) is 0 Å². The van der Waals surface area contributed by atoms with Crippen molar-refractivity contribution in [1.82, 2.24) is 4.90 Å². The molecule has 110 valence electrons. The number of likely N-dealkylation sites (N-methyl/N-ethyl adjacent to an activating group) is 1. The number of nitrogens with zero attached hydrogens (tertiary/aromatic N) is 2. The van der Waals surface area contributed by atoms with E-state index in [1.165, 1.54) is 41.5 Å². The Morgan fingerprint density at radius 1 is 1.25 bits per heavy atom. The van der Waals surface area contributed by atoms with Crippen molar-refractivity contribution in [3.63, 3.8) is 0 Å². The van der Waals surface area contributed by atoms with E-state index in [9.17, 15) is 0 Å². The molecule has 3 rings (SSSR count). The van der Waals surface area contributed by atoms with Crippen LogP contribution in [-0.4, -0.2) is 43.7 Å². The van der Waals surface area contributed by atoms with E-state index in [0.29, 0.717) is 6.54 Å². The lowest BCUT2D eigenvalue weighted by Gasteiger charge is -2.28. The minimum atomic E-state index is 0.705. The Balaban J connectivity index is 1.77. The Bertz CT molecular complexity index is 477. The molecule has 20 heavy (non-hydrogen) atoms. The van der Waals surface area contributed by atoms with Crippen LogP contribution in [0.15, 0.2) is 22.7 Å². The number of nitrogens with two attached hydrogens (primary N) is 1. The van der Waals surface area contributed by atoms with E-state index in [-0.39, 0.29) is 0 Å². The number of benzene rings is 1. The van der Waals surface area contributed by atoms with Crippen molar-refractivity contribution >= 4 is 21.6 Å². The van der Waals surface area contributed by atoms with E-state index in [1.54, 1.807) is 0 Å². The van der Waals surface area contributed by atoms with Crippen molar-refractivity contribution in [3.8, 4) is 0 Å². The maximum atomic E-state index is 5.65. The van der Waals surface area contributed by atoms with Crippen LogP contribution in [0, 0.1) is 0 Å². The minimum absolute atomic E-state index is 0.705. The van der Waals surface area contributed by atoms with Crippen molar-refractivity contribution in [1.29, 1.82) is 0 Å². The van der Waals surface area contributed by atoms with E-state index in [4.69, 9.17) is 5.73 Å². The average Bonchev–Trinajstić information content (AvgIpc) is 2.66. The highest BCUT2D eigenvalue weighted by atomic mass is 79.9. The van der Waals surface area contributed by atoms with E-state index in [1.807, 2.05) is 0 Å². The van der Waals surface area contributed by atoms with Crippen LogP contribution in [0.1, 0.15) is 24.8 Å². The first kappa shape index (κ1) is 14.4. The molecule has 0 saturated carbocycles. The topological polar surface area (TPSA) is 32.5 Å². The third-order valence-electron chi connectivity index (χ3n) is 4.96. The van der Waals surface area contributed by atoms with Crippen LogP contribution in [-0.2, 0) is 6.42 Å². The second-order valence-corrected chi connectivity index (χ2v) is 6.95. The molecule has 2 aliphatic heterocycles. The lowest BCUT2D eigenvalue weighted by atomic mass is 10.1. The van der Waals surface area contributed by atoms with Crippen molar-refractivity contribution in [2.24, 2.45) is 5.73 Å². The summed E-state index contributed by atoms with van der Waals surface area (Å²) in [7, 11) is 2.30. The zero-order chi connectivity index (χ0) is 14.1. The van der Waals surface area contributed by atoms with E-state index in [2.05, 4.69) is 51.0 Å². The van der Waals surface area contributed by atoms with Crippen molar-refractivity contribution in [2.75, 3.05) is 31.6 Å². The molecule has 2 atom stereocenters. The molecular formula is C16H24BrN3. The lowest BCUT2D eigenvalue weighted by Crippen LogP contribution is -2.36. The first-order chi connectivity index (χ1) is 9.69. The van der Waals surface area contributed by atoms with Gasteiger partial charge in [-0.15, -0.1) is 0 Å². The highest BCUT2D eigenvalue weighted by Gasteiger charge is 2.34. The fourth-order valence-corrected chi connectivity index (χ4v) is 4.20. The van der Waals surface area contributed by atoms with Crippen molar-refractivity contribution < 1.29 is 0 Å². The largest absolute Gasteiger partial charge is 0.370 e. The smallest absolute Gasteiger partial charge is 0.0378 e. The highest BCUT2D eigenvalue weighted by molar-refractivity contribution is 9.10. The van der Waals surface area contributed by atoms with Crippen molar-refractivity contribution in [2.45, 2.75) is 37.8 Å². The van der Waals surface area contributed by atoms with Crippen LogP contribution >= 0.6 is 15.9 Å². The van der Waals surface area contributed by atoms with Gasteiger partial charge in [0.15, 0.2) is 0 Å². The van der Waals surface area contributed by atoms with Gasteiger partial charge >= 0.3 is 0 Å². The number of anilines is 1. The fraction of sp³-hybridized carbons (Fsp3) is 0.625. The molecule has 2 N–H and O–H groups in total. The van der Waals surface area contributed by atoms with Gasteiger partial charge in [-0.05, 0) is 57.0 Å².